The maximum Gasteiger partial charge on any atom is 0.416 e. The van der Waals surface area contributed by atoms with Crippen LogP contribution in [0.5, 0.6) is 0 Å². The third-order valence-corrected chi connectivity index (χ3v) is 4.87. The number of alkyl halides is 3. The number of carbonyl (C=O) groups excluding carboxylic acids is 1. The molecule has 0 unspecified atom stereocenters. The molecule has 2 heterocycles. The van der Waals surface area contributed by atoms with Gasteiger partial charge < -0.3 is 0 Å². The Hall–Kier alpha value is -2.75. The van der Waals surface area contributed by atoms with Gasteiger partial charge in [0.1, 0.15) is 18.2 Å². The zero-order valence-electron chi connectivity index (χ0n) is 14.5. The maximum absolute atomic E-state index is 12.8. The minimum absolute atomic E-state index is 0.296. The van der Waals surface area contributed by atoms with Crippen LogP contribution in [-0.2, 0) is 22.9 Å². The number of anilines is 1. The van der Waals surface area contributed by atoms with Crippen LogP contribution in [0.1, 0.15) is 29.9 Å². The summed E-state index contributed by atoms with van der Waals surface area (Å²) in [6.45, 7) is 3.38. The smallest absolute Gasteiger partial charge is 0.300 e. The van der Waals surface area contributed by atoms with E-state index in [1.165, 1.54) is 34.7 Å². The highest BCUT2D eigenvalue weighted by Crippen LogP contribution is 2.30. The normalized spacial score (nSPS) is 12.2. The second-order valence-electron chi connectivity index (χ2n) is 6.36. The number of rotatable bonds is 5. The Balaban J connectivity index is 1.70. The molecule has 3 rings (SSSR count). The summed E-state index contributed by atoms with van der Waals surface area (Å²) < 4.78 is 39.9. The fraction of sp³-hybridized carbons (Fsp3) is 0.294. The first-order chi connectivity index (χ1) is 12.7. The largest absolute Gasteiger partial charge is 0.416 e. The molecule has 0 radical (unpaired) electrons. The van der Waals surface area contributed by atoms with Gasteiger partial charge in [-0.3, -0.25) is 10.1 Å². The van der Waals surface area contributed by atoms with Crippen LogP contribution in [0.3, 0.4) is 0 Å². The summed E-state index contributed by atoms with van der Waals surface area (Å²) in [6, 6.07) is 5.16. The number of aromatic nitrogens is 4. The molecule has 0 spiro atoms. The van der Waals surface area contributed by atoms with Gasteiger partial charge in [0.15, 0.2) is 5.13 Å². The number of carbonyl (C=O) groups is 1. The molecule has 1 aromatic carbocycles. The van der Waals surface area contributed by atoms with Crippen molar-refractivity contribution in [1.29, 1.82) is 0 Å². The highest BCUT2D eigenvalue weighted by atomic mass is 32.1. The highest BCUT2D eigenvalue weighted by molar-refractivity contribution is 7.15. The SMILES string of the molecule is CC(C)(C(=O)Nc1ncc(Cc2cccc(C(F)(F)F)c2)s1)n1cncn1. The predicted molar refractivity (Wildman–Crippen MR) is 94.3 cm³/mol. The first-order valence-corrected chi connectivity index (χ1v) is 8.75. The van der Waals surface area contributed by atoms with E-state index < -0.39 is 17.3 Å². The van der Waals surface area contributed by atoms with E-state index in [9.17, 15) is 18.0 Å². The molecular weight excluding hydrogens is 379 g/mol. The van der Waals surface area contributed by atoms with E-state index in [4.69, 9.17) is 0 Å². The van der Waals surface area contributed by atoms with Crippen molar-refractivity contribution < 1.29 is 18.0 Å². The van der Waals surface area contributed by atoms with Crippen LogP contribution in [0.25, 0.3) is 0 Å². The van der Waals surface area contributed by atoms with Crippen LogP contribution in [-0.4, -0.2) is 25.7 Å². The van der Waals surface area contributed by atoms with Crippen molar-refractivity contribution in [3.63, 3.8) is 0 Å². The summed E-state index contributed by atoms with van der Waals surface area (Å²) in [4.78, 5) is 21.2. The van der Waals surface area contributed by atoms with Crippen LogP contribution in [0.2, 0.25) is 0 Å². The molecule has 0 aliphatic carbocycles. The van der Waals surface area contributed by atoms with Crippen LogP contribution in [0, 0.1) is 0 Å². The second kappa shape index (κ2) is 7.10. The summed E-state index contributed by atoms with van der Waals surface area (Å²) >= 11 is 1.21. The topological polar surface area (TPSA) is 72.7 Å². The van der Waals surface area contributed by atoms with Crippen molar-refractivity contribution in [2.45, 2.75) is 32.0 Å². The lowest BCUT2D eigenvalue weighted by atomic mass is 10.1. The predicted octanol–water partition coefficient (Wildman–Crippen LogP) is 3.72. The van der Waals surface area contributed by atoms with Crippen molar-refractivity contribution in [3.05, 3.63) is 59.1 Å². The van der Waals surface area contributed by atoms with Crippen molar-refractivity contribution in [2.75, 3.05) is 5.32 Å². The molecule has 0 aliphatic heterocycles. The third kappa shape index (κ3) is 4.33. The molecule has 1 N–H and O–H groups in total. The minimum Gasteiger partial charge on any atom is -0.300 e. The number of amides is 1. The lowest BCUT2D eigenvalue weighted by Gasteiger charge is -2.22. The van der Waals surface area contributed by atoms with Gasteiger partial charge in [0.05, 0.1) is 5.56 Å². The Morgan fingerprint density at radius 2 is 2.07 bits per heavy atom. The number of hydrogen-bond donors (Lipinski definition) is 1. The third-order valence-electron chi connectivity index (χ3n) is 3.95. The number of benzene rings is 1. The van der Waals surface area contributed by atoms with Gasteiger partial charge in [-0.25, -0.2) is 14.6 Å². The van der Waals surface area contributed by atoms with E-state index in [1.54, 1.807) is 26.1 Å². The zero-order valence-corrected chi connectivity index (χ0v) is 15.3. The van der Waals surface area contributed by atoms with Crippen molar-refractivity contribution in [1.82, 2.24) is 19.7 Å². The van der Waals surface area contributed by atoms with Crippen LogP contribution in [0.4, 0.5) is 18.3 Å². The molecule has 0 aliphatic rings. The lowest BCUT2D eigenvalue weighted by molar-refractivity contribution is -0.137. The van der Waals surface area contributed by atoms with E-state index in [1.807, 2.05) is 0 Å². The molecule has 0 saturated carbocycles. The maximum atomic E-state index is 12.8. The molecule has 0 saturated heterocycles. The highest BCUT2D eigenvalue weighted by Gasteiger charge is 2.32. The van der Waals surface area contributed by atoms with E-state index in [-0.39, 0.29) is 5.91 Å². The Morgan fingerprint density at radius 1 is 1.30 bits per heavy atom. The van der Waals surface area contributed by atoms with E-state index >= 15 is 0 Å². The molecule has 2 aromatic heterocycles. The molecule has 142 valence electrons. The molecule has 27 heavy (non-hydrogen) atoms. The standard InChI is InChI=1S/C17H16F3N5OS/c1-16(2,25-10-21-9-23-25)14(26)24-15-22-8-13(27-15)7-11-4-3-5-12(6-11)17(18,19)20/h3-6,8-10H,7H2,1-2H3,(H,22,24,26). The van der Waals surface area contributed by atoms with Gasteiger partial charge in [0.25, 0.3) is 5.91 Å². The molecule has 0 bridgehead atoms. The van der Waals surface area contributed by atoms with Crippen molar-refractivity contribution >= 4 is 22.4 Å². The summed E-state index contributed by atoms with van der Waals surface area (Å²) in [5, 5.41) is 7.06. The molecule has 0 fully saturated rings. The van der Waals surface area contributed by atoms with Gasteiger partial charge in [-0.1, -0.05) is 18.2 Å². The van der Waals surface area contributed by atoms with Crippen LogP contribution in [0.15, 0.2) is 43.1 Å². The number of nitrogens with zero attached hydrogens (tertiary/aromatic N) is 4. The Bertz CT molecular complexity index is 934. The quantitative estimate of drug-likeness (QED) is 0.715. The Labute approximate surface area is 157 Å². The van der Waals surface area contributed by atoms with Crippen molar-refractivity contribution in [3.8, 4) is 0 Å². The molecule has 3 aromatic rings. The van der Waals surface area contributed by atoms with Gasteiger partial charge in [0, 0.05) is 17.5 Å². The molecule has 10 heteroatoms. The Kier molecular flexibility index (Phi) is 5.01. The lowest BCUT2D eigenvalue weighted by Crippen LogP contribution is -2.40. The summed E-state index contributed by atoms with van der Waals surface area (Å²) in [7, 11) is 0. The average molecular weight is 395 g/mol. The van der Waals surface area contributed by atoms with E-state index in [0.717, 1.165) is 17.0 Å². The molecule has 1 amide bonds. The van der Waals surface area contributed by atoms with E-state index in [2.05, 4.69) is 20.4 Å². The fourth-order valence-corrected chi connectivity index (χ4v) is 3.20. The monoisotopic (exact) mass is 395 g/mol. The number of thiazole rings is 1. The molecule has 0 atom stereocenters. The van der Waals surface area contributed by atoms with Gasteiger partial charge >= 0.3 is 6.18 Å². The van der Waals surface area contributed by atoms with E-state index in [0.29, 0.717) is 17.1 Å². The summed E-state index contributed by atoms with van der Waals surface area (Å²) in [5.41, 5.74) is -1.13. The number of nitrogens with one attached hydrogen (secondary N) is 1. The first-order valence-electron chi connectivity index (χ1n) is 7.93. The number of halogens is 3. The fourth-order valence-electron chi connectivity index (χ4n) is 2.36. The Morgan fingerprint density at radius 3 is 2.74 bits per heavy atom. The average Bonchev–Trinajstić information content (AvgIpc) is 3.26. The zero-order chi connectivity index (χ0) is 19.7. The first kappa shape index (κ1) is 19.0. The second-order valence-corrected chi connectivity index (χ2v) is 7.48. The number of hydrogen-bond acceptors (Lipinski definition) is 5. The molecular formula is C17H16F3N5OS. The van der Waals surface area contributed by atoms with Gasteiger partial charge in [-0.05, 0) is 25.5 Å². The van der Waals surface area contributed by atoms with Gasteiger partial charge in [-0.2, -0.15) is 18.3 Å². The minimum atomic E-state index is -4.38. The van der Waals surface area contributed by atoms with Crippen molar-refractivity contribution in [2.24, 2.45) is 0 Å². The molecule has 6 nitrogen and oxygen atoms in total. The van der Waals surface area contributed by atoms with Crippen LogP contribution >= 0.6 is 11.3 Å². The summed E-state index contributed by atoms with van der Waals surface area (Å²) in [6.07, 6.45) is 0.245. The van der Waals surface area contributed by atoms with Gasteiger partial charge in [-0.15, -0.1) is 11.3 Å². The summed E-state index contributed by atoms with van der Waals surface area (Å²) in [5.74, 6) is -0.326. The van der Waals surface area contributed by atoms with Gasteiger partial charge in [0.2, 0.25) is 0 Å². The van der Waals surface area contributed by atoms with Crippen LogP contribution < -0.4 is 5.32 Å².